The predicted molar refractivity (Wildman–Crippen MR) is 116 cm³/mol. The number of piperidine rings is 2. The van der Waals surface area contributed by atoms with E-state index in [9.17, 15) is 5.11 Å². The zero-order chi connectivity index (χ0) is 19.4. The minimum atomic E-state index is 0.0379. The van der Waals surface area contributed by atoms with Gasteiger partial charge >= 0.3 is 0 Å². The Balaban J connectivity index is 1.29. The van der Waals surface area contributed by atoms with Crippen LogP contribution in [0, 0.1) is 11.8 Å². The number of rotatable bonds is 3. The summed E-state index contributed by atoms with van der Waals surface area (Å²) in [7, 11) is 0. The molecule has 4 aliphatic rings. The molecule has 1 aromatic heterocycles. The molecule has 6 rings (SSSR count). The normalized spacial score (nSPS) is 37.7. The van der Waals surface area contributed by atoms with Crippen LogP contribution >= 0.6 is 0 Å². The van der Waals surface area contributed by atoms with Crippen LogP contribution in [0.1, 0.15) is 82.5 Å². The maximum atomic E-state index is 10.0. The van der Waals surface area contributed by atoms with E-state index in [4.69, 9.17) is 4.98 Å². The molecule has 0 spiro atoms. The fraction of sp³-hybridized carbons (Fsp3) is 0.720. The number of aromatic nitrogens is 2. The maximum absolute atomic E-state index is 10.0. The third-order valence-corrected chi connectivity index (χ3v) is 8.71. The molecule has 4 fully saturated rings. The van der Waals surface area contributed by atoms with Crippen molar-refractivity contribution in [3.63, 3.8) is 0 Å². The molecular weight excluding hydrogens is 358 g/mol. The molecule has 6 atom stereocenters. The molecule has 156 valence electrons. The third kappa shape index (κ3) is 3.14. The van der Waals surface area contributed by atoms with Crippen molar-refractivity contribution < 1.29 is 5.11 Å². The first-order valence-electron chi connectivity index (χ1n) is 12.1. The minimum Gasteiger partial charge on any atom is -0.388 e. The number of aliphatic hydroxyl groups excluding tert-OH is 1. The molecule has 4 nitrogen and oxygen atoms in total. The summed E-state index contributed by atoms with van der Waals surface area (Å²) in [6.07, 6.45) is 15.5. The predicted octanol–water partition coefficient (Wildman–Crippen LogP) is 5.06. The summed E-state index contributed by atoms with van der Waals surface area (Å²) < 4.78 is 2.40. The Morgan fingerprint density at radius 3 is 2.21 bits per heavy atom. The Morgan fingerprint density at radius 2 is 1.48 bits per heavy atom. The number of fused-ring (bicyclic) bond motifs is 5. The average molecular weight is 394 g/mol. The first-order chi connectivity index (χ1) is 14.3. The van der Waals surface area contributed by atoms with Crippen LogP contribution in [0.2, 0.25) is 0 Å². The van der Waals surface area contributed by atoms with E-state index in [-0.39, 0.29) is 6.61 Å². The highest BCUT2D eigenvalue weighted by atomic mass is 16.3. The lowest BCUT2D eigenvalue weighted by Gasteiger charge is -2.55. The van der Waals surface area contributed by atoms with Crippen molar-refractivity contribution in [2.45, 2.75) is 101 Å². The van der Waals surface area contributed by atoms with Crippen LogP contribution in [0.4, 0.5) is 0 Å². The zero-order valence-electron chi connectivity index (χ0n) is 17.5. The highest BCUT2D eigenvalue weighted by Crippen LogP contribution is 2.47. The second-order valence-electron chi connectivity index (χ2n) is 10.4. The Labute approximate surface area is 174 Å². The molecule has 2 aliphatic heterocycles. The highest BCUT2D eigenvalue weighted by molar-refractivity contribution is 5.76. The summed E-state index contributed by atoms with van der Waals surface area (Å²) in [5.41, 5.74) is 2.24. The number of imidazole rings is 1. The van der Waals surface area contributed by atoms with Crippen molar-refractivity contribution in [2.24, 2.45) is 11.8 Å². The number of aliphatic hydroxyl groups is 1. The lowest BCUT2D eigenvalue weighted by atomic mass is 9.68. The quantitative estimate of drug-likeness (QED) is 0.793. The van der Waals surface area contributed by atoms with Gasteiger partial charge in [0.2, 0.25) is 0 Å². The van der Waals surface area contributed by atoms with Crippen molar-refractivity contribution in [2.75, 3.05) is 0 Å². The van der Waals surface area contributed by atoms with Crippen LogP contribution in [-0.4, -0.2) is 37.7 Å². The standard InChI is InChI=1S/C25H35N3O/c29-16-25-26-23-9-1-2-10-24(23)28(25)22-14-19-7-4-8-20(15-22)27(19)21-12-17-5-3-6-18(11-17)13-21/h1-2,9-10,17-22,29H,3-8,11-16H2/t17-,18+,19-,20+,21+,22+. The minimum absolute atomic E-state index is 0.0379. The first kappa shape index (κ1) is 18.4. The average Bonchev–Trinajstić information content (AvgIpc) is 3.11. The first-order valence-corrected chi connectivity index (χ1v) is 12.1. The van der Waals surface area contributed by atoms with Crippen molar-refractivity contribution in [1.29, 1.82) is 0 Å². The topological polar surface area (TPSA) is 41.3 Å². The molecule has 1 aromatic carbocycles. The van der Waals surface area contributed by atoms with E-state index in [1.165, 1.54) is 76.1 Å². The summed E-state index contributed by atoms with van der Waals surface area (Å²) in [6.45, 7) is 0.0379. The summed E-state index contributed by atoms with van der Waals surface area (Å²) in [5.74, 6) is 2.86. The van der Waals surface area contributed by atoms with Crippen LogP contribution in [0.3, 0.4) is 0 Å². The van der Waals surface area contributed by atoms with Gasteiger partial charge in [-0.15, -0.1) is 0 Å². The van der Waals surface area contributed by atoms with Crippen molar-refractivity contribution in [3.05, 3.63) is 30.1 Å². The van der Waals surface area contributed by atoms with Gasteiger partial charge in [0, 0.05) is 24.2 Å². The molecule has 2 aliphatic carbocycles. The van der Waals surface area contributed by atoms with Gasteiger partial charge in [0.05, 0.1) is 11.0 Å². The molecule has 2 aromatic rings. The summed E-state index contributed by atoms with van der Waals surface area (Å²) in [4.78, 5) is 7.76. The van der Waals surface area contributed by atoms with E-state index in [1.807, 2.05) is 0 Å². The Bertz CT molecular complexity index is 850. The van der Waals surface area contributed by atoms with E-state index in [0.717, 1.165) is 41.3 Å². The van der Waals surface area contributed by atoms with Crippen LogP contribution in [-0.2, 0) is 6.61 Å². The molecule has 0 unspecified atom stereocenters. The summed E-state index contributed by atoms with van der Waals surface area (Å²) in [6, 6.07) is 11.2. The van der Waals surface area contributed by atoms with Gasteiger partial charge in [0.15, 0.2) is 0 Å². The van der Waals surface area contributed by atoms with E-state index < -0.39 is 0 Å². The maximum Gasteiger partial charge on any atom is 0.135 e. The van der Waals surface area contributed by atoms with E-state index in [0.29, 0.717) is 6.04 Å². The van der Waals surface area contributed by atoms with Crippen LogP contribution in [0.5, 0.6) is 0 Å². The fourth-order valence-electron chi connectivity index (χ4n) is 7.75. The molecule has 2 saturated heterocycles. The molecular formula is C25H35N3O. The monoisotopic (exact) mass is 393 g/mol. The van der Waals surface area contributed by atoms with Gasteiger partial charge in [-0.25, -0.2) is 4.98 Å². The third-order valence-electron chi connectivity index (χ3n) is 8.71. The van der Waals surface area contributed by atoms with Crippen molar-refractivity contribution in [1.82, 2.24) is 14.5 Å². The van der Waals surface area contributed by atoms with E-state index >= 15 is 0 Å². The second kappa shape index (κ2) is 7.39. The molecule has 4 bridgehead atoms. The van der Waals surface area contributed by atoms with E-state index in [1.54, 1.807) is 0 Å². The van der Waals surface area contributed by atoms with Crippen molar-refractivity contribution in [3.8, 4) is 0 Å². The highest BCUT2D eigenvalue weighted by Gasteiger charge is 2.45. The summed E-state index contributed by atoms with van der Waals surface area (Å²) in [5, 5.41) is 10.0. The second-order valence-corrected chi connectivity index (χ2v) is 10.4. The van der Waals surface area contributed by atoms with Gasteiger partial charge in [-0.3, -0.25) is 4.90 Å². The lowest BCUT2D eigenvalue weighted by Crippen LogP contribution is -2.58. The molecule has 29 heavy (non-hydrogen) atoms. The van der Waals surface area contributed by atoms with Crippen LogP contribution < -0.4 is 0 Å². The van der Waals surface area contributed by atoms with Gasteiger partial charge in [0.25, 0.3) is 0 Å². The molecule has 0 amide bonds. The zero-order valence-corrected chi connectivity index (χ0v) is 17.5. The SMILES string of the molecule is OCc1nc2ccccc2n1[C@H]1C[C@H]2CCC[C@@H](C1)N2[C@H]1C[C@@H]2CCC[C@@H](C2)C1. The lowest BCUT2D eigenvalue weighted by molar-refractivity contribution is -0.0487. The van der Waals surface area contributed by atoms with Gasteiger partial charge in [-0.1, -0.05) is 37.8 Å². The van der Waals surface area contributed by atoms with Gasteiger partial charge in [-0.05, 0) is 68.9 Å². The number of hydrogen-bond acceptors (Lipinski definition) is 3. The smallest absolute Gasteiger partial charge is 0.135 e. The number of nitrogens with zero attached hydrogens (tertiary/aromatic N) is 3. The number of para-hydroxylation sites is 2. The Kier molecular flexibility index (Phi) is 4.68. The molecule has 0 radical (unpaired) electrons. The van der Waals surface area contributed by atoms with E-state index in [2.05, 4.69) is 33.7 Å². The van der Waals surface area contributed by atoms with Gasteiger partial charge < -0.3 is 9.67 Å². The number of benzene rings is 1. The largest absolute Gasteiger partial charge is 0.388 e. The fourth-order valence-corrected chi connectivity index (χ4v) is 7.75. The summed E-state index contributed by atoms with van der Waals surface area (Å²) >= 11 is 0. The van der Waals surface area contributed by atoms with Crippen LogP contribution in [0.25, 0.3) is 11.0 Å². The van der Waals surface area contributed by atoms with Gasteiger partial charge in [0.1, 0.15) is 12.4 Å². The Hall–Kier alpha value is -1.39. The molecule has 4 heteroatoms. The Morgan fingerprint density at radius 1 is 0.793 bits per heavy atom. The molecule has 3 heterocycles. The van der Waals surface area contributed by atoms with Crippen LogP contribution in [0.15, 0.2) is 24.3 Å². The van der Waals surface area contributed by atoms with Crippen molar-refractivity contribution >= 4 is 11.0 Å². The molecule has 1 N–H and O–H groups in total. The van der Waals surface area contributed by atoms with Gasteiger partial charge in [-0.2, -0.15) is 0 Å². The molecule has 2 saturated carbocycles. The number of hydrogen-bond donors (Lipinski definition) is 1.